The van der Waals surface area contributed by atoms with Crippen LogP contribution in [0.4, 0.5) is 5.82 Å². The molecule has 0 aliphatic heterocycles. The number of benzene rings is 2. The molecular formula is C27H32N4O. The van der Waals surface area contributed by atoms with Gasteiger partial charge in [-0.15, -0.1) is 5.10 Å². The number of anilines is 1. The number of hydrogen-bond acceptors (Lipinski definition) is 4. The Bertz CT molecular complexity index is 1180. The first kappa shape index (κ1) is 21.9. The summed E-state index contributed by atoms with van der Waals surface area (Å²) in [6.07, 6.45) is 3.33. The molecular weight excluding hydrogens is 396 g/mol. The summed E-state index contributed by atoms with van der Waals surface area (Å²) in [5.74, 6) is 1.76. The lowest BCUT2D eigenvalue weighted by molar-refractivity contribution is 0.340. The average molecular weight is 429 g/mol. The maximum atomic E-state index is 5.61. The number of fused-ring (bicyclic) bond motifs is 1. The quantitative estimate of drug-likeness (QED) is 0.324. The molecule has 0 saturated carbocycles. The van der Waals surface area contributed by atoms with E-state index in [-0.39, 0.29) is 0 Å². The Balaban J connectivity index is 1.55. The molecule has 32 heavy (non-hydrogen) atoms. The van der Waals surface area contributed by atoms with Gasteiger partial charge in [-0.25, -0.2) is 0 Å². The van der Waals surface area contributed by atoms with Crippen molar-refractivity contribution >= 4 is 16.6 Å². The van der Waals surface area contributed by atoms with Crippen molar-refractivity contribution in [3.05, 3.63) is 77.2 Å². The molecule has 166 valence electrons. The lowest BCUT2D eigenvalue weighted by atomic mass is 10.1. The molecule has 2 aromatic carbocycles. The molecule has 0 saturated heterocycles. The molecule has 0 aliphatic carbocycles. The molecule has 5 heteroatoms. The maximum absolute atomic E-state index is 5.61. The van der Waals surface area contributed by atoms with Gasteiger partial charge in [0.2, 0.25) is 0 Å². The molecule has 2 aromatic heterocycles. The Kier molecular flexibility index (Phi) is 6.74. The Hall–Kier alpha value is -3.34. The second-order valence-electron chi connectivity index (χ2n) is 8.19. The van der Waals surface area contributed by atoms with Crippen LogP contribution in [0.15, 0.2) is 54.6 Å². The lowest BCUT2D eigenvalue weighted by Gasteiger charge is -2.11. The van der Waals surface area contributed by atoms with Crippen LogP contribution in [0.5, 0.6) is 5.75 Å². The molecule has 0 bridgehead atoms. The molecule has 5 nitrogen and oxygen atoms in total. The topological polar surface area (TPSA) is 52.0 Å². The number of aromatic nitrogens is 3. The van der Waals surface area contributed by atoms with Crippen molar-refractivity contribution in [2.75, 3.05) is 18.5 Å². The van der Waals surface area contributed by atoms with Crippen LogP contribution in [0.3, 0.4) is 0 Å². The summed E-state index contributed by atoms with van der Waals surface area (Å²) in [5, 5.41) is 14.9. The van der Waals surface area contributed by atoms with Gasteiger partial charge in [-0.3, -0.25) is 0 Å². The molecule has 0 radical (unpaired) electrons. The number of aryl methyl sites for hydroxylation is 4. The molecule has 0 amide bonds. The fraction of sp³-hybridized carbons (Fsp3) is 0.333. The van der Waals surface area contributed by atoms with E-state index in [2.05, 4.69) is 76.4 Å². The van der Waals surface area contributed by atoms with Crippen molar-refractivity contribution < 1.29 is 4.74 Å². The number of nitrogens with zero attached hydrogens (tertiary/aromatic N) is 3. The highest BCUT2D eigenvalue weighted by atomic mass is 16.5. The fourth-order valence-corrected chi connectivity index (χ4v) is 4.47. The Labute approximate surface area is 190 Å². The number of rotatable bonds is 9. The highest BCUT2D eigenvalue weighted by molar-refractivity contribution is 5.98. The van der Waals surface area contributed by atoms with Crippen LogP contribution in [0.25, 0.3) is 16.5 Å². The normalized spacial score (nSPS) is 11.1. The van der Waals surface area contributed by atoms with Gasteiger partial charge in [0, 0.05) is 34.4 Å². The second-order valence-corrected chi connectivity index (χ2v) is 8.19. The van der Waals surface area contributed by atoms with Crippen molar-refractivity contribution in [3.8, 4) is 11.4 Å². The van der Waals surface area contributed by atoms with Crippen molar-refractivity contribution in [2.24, 2.45) is 0 Å². The van der Waals surface area contributed by atoms with Gasteiger partial charge in [0.1, 0.15) is 5.75 Å². The number of hydrogen-bond donors (Lipinski definition) is 1. The van der Waals surface area contributed by atoms with E-state index in [0.717, 1.165) is 54.1 Å². The van der Waals surface area contributed by atoms with Crippen LogP contribution in [0.1, 0.15) is 42.4 Å². The Morgan fingerprint density at radius 3 is 2.28 bits per heavy atom. The molecule has 0 aliphatic rings. The second kappa shape index (κ2) is 9.86. The minimum absolute atomic E-state index is 0.668. The predicted octanol–water partition coefficient (Wildman–Crippen LogP) is 6.18. The van der Waals surface area contributed by atoms with Gasteiger partial charge in [-0.2, -0.15) is 5.10 Å². The zero-order valence-electron chi connectivity index (χ0n) is 19.5. The van der Waals surface area contributed by atoms with Crippen LogP contribution in [-0.4, -0.2) is 27.9 Å². The zero-order chi connectivity index (χ0) is 22.5. The Morgan fingerprint density at radius 1 is 0.844 bits per heavy atom. The van der Waals surface area contributed by atoms with Gasteiger partial charge in [-0.1, -0.05) is 30.3 Å². The third-order valence-electron chi connectivity index (χ3n) is 5.98. The molecule has 0 fully saturated rings. The average Bonchev–Trinajstić information content (AvgIpc) is 3.08. The van der Waals surface area contributed by atoms with E-state index in [1.807, 2.05) is 26.0 Å². The molecule has 0 unspecified atom stereocenters. The van der Waals surface area contributed by atoms with Crippen LogP contribution in [0, 0.1) is 20.8 Å². The summed E-state index contributed by atoms with van der Waals surface area (Å²) >= 11 is 0. The lowest BCUT2D eigenvalue weighted by Crippen LogP contribution is -2.06. The largest absolute Gasteiger partial charge is 0.494 e. The van der Waals surface area contributed by atoms with Crippen molar-refractivity contribution in [3.63, 3.8) is 0 Å². The molecule has 2 heterocycles. The number of nitrogens with one attached hydrogen (secondary N) is 1. The first-order valence-corrected chi connectivity index (χ1v) is 11.5. The summed E-state index contributed by atoms with van der Waals surface area (Å²) < 4.78 is 7.90. The summed E-state index contributed by atoms with van der Waals surface area (Å²) in [6, 6.07) is 18.9. The van der Waals surface area contributed by atoms with E-state index in [1.54, 1.807) is 0 Å². The van der Waals surface area contributed by atoms with Crippen LogP contribution < -0.4 is 10.1 Å². The predicted molar refractivity (Wildman–Crippen MR) is 132 cm³/mol. The van der Waals surface area contributed by atoms with E-state index < -0.39 is 0 Å². The summed E-state index contributed by atoms with van der Waals surface area (Å²) in [5.41, 5.74) is 5.82. The van der Waals surface area contributed by atoms with Crippen LogP contribution >= 0.6 is 0 Å². The van der Waals surface area contributed by atoms with Crippen molar-refractivity contribution in [1.82, 2.24) is 14.8 Å². The monoisotopic (exact) mass is 428 g/mol. The summed E-state index contributed by atoms with van der Waals surface area (Å²) in [4.78, 5) is 0. The van der Waals surface area contributed by atoms with Gasteiger partial charge in [-0.05, 0) is 76.8 Å². The summed E-state index contributed by atoms with van der Waals surface area (Å²) in [7, 11) is 0. The SMILES string of the molecule is CCOc1ccc(-n2c(C)c3c(C)nnc(NCCCCc4ccccc4)c3c2C)cc1. The number of ether oxygens (including phenoxy) is 1. The molecule has 4 aromatic rings. The van der Waals surface area contributed by atoms with Gasteiger partial charge >= 0.3 is 0 Å². The minimum atomic E-state index is 0.668. The maximum Gasteiger partial charge on any atom is 0.158 e. The third kappa shape index (κ3) is 4.47. The molecule has 0 spiro atoms. The van der Waals surface area contributed by atoms with Gasteiger partial charge < -0.3 is 14.6 Å². The third-order valence-corrected chi connectivity index (χ3v) is 5.98. The molecule has 0 atom stereocenters. The zero-order valence-corrected chi connectivity index (χ0v) is 19.5. The van der Waals surface area contributed by atoms with Crippen molar-refractivity contribution in [1.29, 1.82) is 0 Å². The van der Waals surface area contributed by atoms with E-state index in [9.17, 15) is 0 Å². The van der Waals surface area contributed by atoms with E-state index in [0.29, 0.717) is 6.61 Å². The van der Waals surface area contributed by atoms with Gasteiger partial charge in [0.05, 0.1) is 12.3 Å². The number of unbranched alkanes of at least 4 members (excludes halogenated alkanes) is 1. The van der Waals surface area contributed by atoms with Crippen molar-refractivity contribution in [2.45, 2.75) is 47.0 Å². The van der Waals surface area contributed by atoms with Crippen LogP contribution in [0.2, 0.25) is 0 Å². The first-order chi connectivity index (χ1) is 15.6. The van der Waals surface area contributed by atoms with Gasteiger partial charge in [0.15, 0.2) is 5.82 Å². The first-order valence-electron chi connectivity index (χ1n) is 11.5. The standard InChI is InChI=1S/C27H32N4O/c1-5-32-24-16-14-23(15-17-24)31-20(3)25-19(2)29-30-27(26(25)21(31)4)28-18-10-9-13-22-11-7-6-8-12-22/h6-8,11-12,14-17H,5,9-10,13,18H2,1-4H3,(H,28,30). The summed E-state index contributed by atoms with van der Waals surface area (Å²) in [6.45, 7) is 9.90. The van der Waals surface area contributed by atoms with E-state index >= 15 is 0 Å². The van der Waals surface area contributed by atoms with Crippen LogP contribution in [-0.2, 0) is 6.42 Å². The highest BCUT2D eigenvalue weighted by Gasteiger charge is 2.19. The Morgan fingerprint density at radius 2 is 1.56 bits per heavy atom. The fourth-order valence-electron chi connectivity index (χ4n) is 4.47. The minimum Gasteiger partial charge on any atom is -0.494 e. The molecule has 4 rings (SSSR count). The van der Waals surface area contributed by atoms with Gasteiger partial charge in [0.25, 0.3) is 0 Å². The highest BCUT2D eigenvalue weighted by Crippen LogP contribution is 2.34. The van der Waals surface area contributed by atoms with E-state index in [4.69, 9.17) is 4.74 Å². The smallest absolute Gasteiger partial charge is 0.158 e. The van der Waals surface area contributed by atoms with E-state index in [1.165, 1.54) is 22.3 Å². The molecule has 1 N–H and O–H groups in total.